The van der Waals surface area contributed by atoms with Gasteiger partial charge < -0.3 is 19.7 Å². The molecule has 0 amide bonds. The SMILES string of the molecule is COc1ccc2c(c1)[C@H](O)[C@@H](C1CCC(O)C(OC)C1)CC2. The summed E-state index contributed by atoms with van der Waals surface area (Å²) in [4.78, 5) is 0. The van der Waals surface area contributed by atoms with Gasteiger partial charge in [-0.25, -0.2) is 0 Å². The van der Waals surface area contributed by atoms with Crippen LogP contribution in [-0.4, -0.2) is 36.6 Å². The van der Waals surface area contributed by atoms with Crippen LogP contribution >= 0.6 is 0 Å². The molecule has 1 saturated carbocycles. The predicted molar refractivity (Wildman–Crippen MR) is 83.9 cm³/mol. The van der Waals surface area contributed by atoms with Gasteiger partial charge >= 0.3 is 0 Å². The third-order valence-electron chi connectivity index (χ3n) is 5.53. The Kier molecular flexibility index (Phi) is 4.71. The molecule has 2 aliphatic rings. The number of aliphatic hydroxyl groups excluding tert-OH is 2. The summed E-state index contributed by atoms with van der Waals surface area (Å²) in [5.41, 5.74) is 2.24. The molecule has 4 heteroatoms. The van der Waals surface area contributed by atoms with Crippen molar-refractivity contribution in [3.63, 3.8) is 0 Å². The smallest absolute Gasteiger partial charge is 0.119 e. The number of ether oxygens (including phenoxy) is 2. The van der Waals surface area contributed by atoms with E-state index in [1.807, 2.05) is 12.1 Å². The van der Waals surface area contributed by atoms with Crippen LogP contribution in [0.5, 0.6) is 5.75 Å². The van der Waals surface area contributed by atoms with Gasteiger partial charge in [0.1, 0.15) is 5.75 Å². The van der Waals surface area contributed by atoms with Gasteiger partial charge in [0.15, 0.2) is 0 Å². The van der Waals surface area contributed by atoms with Gasteiger partial charge in [-0.2, -0.15) is 0 Å². The van der Waals surface area contributed by atoms with Crippen molar-refractivity contribution in [2.75, 3.05) is 14.2 Å². The lowest BCUT2D eigenvalue weighted by Crippen LogP contribution is -2.39. The van der Waals surface area contributed by atoms with Gasteiger partial charge in [-0.05, 0) is 67.2 Å². The molecule has 3 rings (SSSR count). The van der Waals surface area contributed by atoms with E-state index in [1.165, 1.54) is 5.56 Å². The molecule has 0 aliphatic heterocycles. The van der Waals surface area contributed by atoms with E-state index in [2.05, 4.69) is 6.07 Å². The molecular weight excluding hydrogens is 280 g/mol. The van der Waals surface area contributed by atoms with Crippen molar-refractivity contribution in [1.29, 1.82) is 0 Å². The summed E-state index contributed by atoms with van der Waals surface area (Å²) in [6.45, 7) is 0. The third-order valence-corrected chi connectivity index (χ3v) is 5.53. The molecule has 2 aliphatic carbocycles. The molecule has 0 radical (unpaired) electrons. The molecule has 0 spiro atoms. The lowest BCUT2D eigenvalue weighted by atomic mass is 9.69. The highest BCUT2D eigenvalue weighted by molar-refractivity contribution is 5.39. The van der Waals surface area contributed by atoms with Crippen LogP contribution in [0.1, 0.15) is 42.9 Å². The molecule has 0 aromatic heterocycles. The highest BCUT2D eigenvalue weighted by Crippen LogP contribution is 2.44. The summed E-state index contributed by atoms with van der Waals surface area (Å²) < 4.78 is 10.7. The Labute approximate surface area is 132 Å². The number of hydrogen-bond donors (Lipinski definition) is 2. The van der Waals surface area contributed by atoms with E-state index in [-0.39, 0.29) is 18.1 Å². The zero-order valence-electron chi connectivity index (χ0n) is 13.4. The fourth-order valence-electron chi connectivity index (χ4n) is 4.19. The standard InChI is InChI=1S/C18H26O4/c1-21-13-6-3-11-4-7-14(18(20)15(11)10-13)12-5-8-16(19)17(9-12)22-2/h3,6,10,12,14,16-20H,4-5,7-9H2,1-2H3/t12?,14-,16?,17?,18-/m1/s1. The van der Waals surface area contributed by atoms with Crippen LogP contribution in [-0.2, 0) is 11.2 Å². The first-order valence-corrected chi connectivity index (χ1v) is 8.19. The second kappa shape index (κ2) is 6.57. The van der Waals surface area contributed by atoms with E-state index in [1.54, 1.807) is 14.2 Å². The quantitative estimate of drug-likeness (QED) is 0.900. The number of methoxy groups -OCH3 is 2. The maximum Gasteiger partial charge on any atom is 0.119 e. The summed E-state index contributed by atoms with van der Waals surface area (Å²) in [6.07, 6.45) is 3.64. The predicted octanol–water partition coefficient (Wildman–Crippen LogP) is 2.47. The topological polar surface area (TPSA) is 58.9 Å². The van der Waals surface area contributed by atoms with Crippen LogP contribution in [0.2, 0.25) is 0 Å². The van der Waals surface area contributed by atoms with Crippen molar-refractivity contribution >= 4 is 0 Å². The monoisotopic (exact) mass is 306 g/mol. The van der Waals surface area contributed by atoms with Crippen molar-refractivity contribution in [2.45, 2.75) is 50.4 Å². The summed E-state index contributed by atoms with van der Waals surface area (Å²) >= 11 is 0. The van der Waals surface area contributed by atoms with Crippen molar-refractivity contribution < 1.29 is 19.7 Å². The fraction of sp³-hybridized carbons (Fsp3) is 0.667. The van der Waals surface area contributed by atoms with Crippen LogP contribution in [0.15, 0.2) is 18.2 Å². The number of rotatable bonds is 3. The molecule has 4 nitrogen and oxygen atoms in total. The molecule has 122 valence electrons. The Hall–Kier alpha value is -1.10. The van der Waals surface area contributed by atoms with Crippen LogP contribution in [0, 0.1) is 11.8 Å². The Balaban J connectivity index is 1.78. The average molecular weight is 306 g/mol. The molecule has 2 N–H and O–H groups in total. The number of benzene rings is 1. The first-order chi connectivity index (χ1) is 10.6. The van der Waals surface area contributed by atoms with Crippen LogP contribution < -0.4 is 4.74 Å². The van der Waals surface area contributed by atoms with E-state index in [0.717, 1.165) is 43.4 Å². The first-order valence-electron chi connectivity index (χ1n) is 8.19. The number of hydrogen-bond acceptors (Lipinski definition) is 4. The lowest BCUT2D eigenvalue weighted by molar-refractivity contribution is -0.0713. The summed E-state index contributed by atoms with van der Waals surface area (Å²) in [5.74, 6) is 1.44. The Morgan fingerprint density at radius 3 is 2.64 bits per heavy atom. The van der Waals surface area contributed by atoms with Gasteiger partial charge in [0.05, 0.1) is 25.4 Å². The summed E-state index contributed by atoms with van der Waals surface area (Å²) in [6, 6.07) is 6.00. The van der Waals surface area contributed by atoms with Gasteiger partial charge in [0.2, 0.25) is 0 Å². The maximum atomic E-state index is 10.9. The average Bonchev–Trinajstić information content (AvgIpc) is 2.56. The molecular formula is C18H26O4. The minimum atomic E-state index is -0.448. The second-order valence-electron chi connectivity index (χ2n) is 6.63. The molecule has 3 unspecified atom stereocenters. The molecule has 0 heterocycles. The van der Waals surface area contributed by atoms with E-state index in [0.29, 0.717) is 5.92 Å². The van der Waals surface area contributed by atoms with E-state index in [9.17, 15) is 10.2 Å². The molecule has 1 fully saturated rings. The van der Waals surface area contributed by atoms with E-state index < -0.39 is 6.10 Å². The second-order valence-corrected chi connectivity index (χ2v) is 6.63. The number of aliphatic hydroxyl groups is 2. The van der Waals surface area contributed by atoms with Crippen LogP contribution in [0.4, 0.5) is 0 Å². The normalized spacial score (nSPS) is 35.0. The van der Waals surface area contributed by atoms with Crippen molar-refractivity contribution in [1.82, 2.24) is 0 Å². The minimum Gasteiger partial charge on any atom is -0.497 e. The van der Waals surface area contributed by atoms with E-state index in [4.69, 9.17) is 9.47 Å². The maximum absolute atomic E-state index is 10.9. The van der Waals surface area contributed by atoms with Crippen LogP contribution in [0.25, 0.3) is 0 Å². The third kappa shape index (κ3) is 2.87. The van der Waals surface area contributed by atoms with Gasteiger partial charge in [0.25, 0.3) is 0 Å². The highest BCUT2D eigenvalue weighted by atomic mass is 16.5. The Morgan fingerprint density at radius 1 is 1.09 bits per heavy atom. The molecule has 0 bridgehead atoms. The summed E-state index contributed by atoms with van der Waals surface area (Å²) in [5, 5.41) is 20.8. The zero-order valence-corrected chi connectivity index (χ0v) is 13.4. The van der Waals surface area contributed by atoms with Gasteiger partial charge in [-0.15, -0.1) is 0 Å². The largest absolute Gasteiger partial charge is 0.497 e. The molecule has 1 aromatic carbocycles. The lowest BCUT2D eigenvalue weighted by Gasteiger charge is -2.41. The molecule has 0 saturated heterocycles. The zero-order chi connectivity index (χ0) is 15.7. The fourth-order valence-corrected chi connectivity index (χ4v) is 4.19. The Morgan fingerprint density at radius 2 is 1.91 bits per heavy atom. The van der Waals surface area contributed by atoms with Crippen molar-refractivity contribution in [3.8, 4) is 5.75 Å². The Bertz CT molecular complexity index is 516. The van der Waals surface area contributed by atoms with Crippen molar-refractivity contribution in [2.24, 2.45) is 11.8 Å². The number of fused-ring (bicyclic) bond motifs is 1. The minimum absolute atomic E-state index is 0.0994. The molecule has 1 aromatic rings. The summed E-state index contributed by atoms with van der Waals surface area (Å²) in [7, 11) is 3.31. The molecule has 5 atom stereocenters. The van der Waals surface area contributed by atoms with E-state index >= 15 is 0 Å². The number of aryl methyl sites for hydroxylation is 1. The molecule has 22 heavy (non-hydrogen) atoms. The van der Waals surface area contributed by atoms with Crippen LogP contribution in [0.3, 0.4) is 0 Å². The van der Waals surface area contributed by atoms with Crippen molar-refractivity contribution in [3.05, 3.63) is 29.3 Å². The highest BCUT2D eigenvalue weighted by Gasteiger charge is 2.39. The van der Waals surface area contributed by atoms with Gasteiger partial charge in [-0.3, -0.25) is 0 Å². The van der Waals surface area contributed by atoms with Gasteiger partial charge in [-0.1, -0.05) is 6.07 Å². The first kappa shape index (κ1) is 15.8. The van der Waals surface area contributed by atoms with Gasteiger partial charge in [0, 0.05) is 7.11 Å².